The molecule has 4 nitrogen and oxygen atoms in total. The van der Waals surface area contributed by atoms with E-state index in [1.807, 2.05) is 54.3 Å². The molecule has 0 bridgehead atoms. The van der Waals surface area contributed by atoms with E-state index in [9.17, 15) is 4.79 Å². The van der Waals surface area contributed by atoms with Crippen molar-refractivity contribution in [2.24, 2.45) is 0 Å². The number of piperazine rings is 1. The molecule has 1 amide bonds. The van der Waals surface area contributed by atoms with Gasteiger partial charge in [0, 0.05) is 30.7 Å². The molecule has 0 spiro atoms. The lowest BCUT2D eigenvalue weighted by molar-refractivity contribution is 0.0601. The number of hydrogen-bond donors (Lipinski definition) is 1. The molecule has 2 aromatic rings. The Hall–Kier alpha value is -1.62. The highest BCUT2D eigenvalue weighted by atomic mass is 35.5. The first-order valence-corrected chi connectivity index (χ1v) is 8.15. The van der Waals surface area contributed by atoms with Crippen LogP contribution in [0, 0.1) is 6.92 Å². The van der Waals surface area contributed by atoms with Crippen LogP contribution in [0.25, 0.3) is 11.3 Å². The number of aryl methyl sites for hydroxylation is 1. The molecule has 25 heavy (non-hydrogen) atoms. The van der Waals surface area contributed by atoms with Crippen LogP contribution in [-0.2, 0) is 0 Å². The molecule has 2 heterocycles. The molecule has 2 unspecified atom stereocenters. The second-order valence-electron chi connectivity index (χ2n) is 6.18. The molecule has 1 saturated heterocycles. The Balaban J connectivity index is 0.00000156. The van der Waals surface area contributed by atoms with E-state index in [4.69, 9.17) is 0 Å². The van der Waals surface area contributed by atoms with Crippen molar-refractivity contribution in [3.05, 3.63) is 53.7 Å². The van der Waals surface area contributed by atoms with E-state index in [0.717, 1.165) is 30.0 Å². The Morgan fingerprint density at radius 2 is 1.80 bits per heavy atom. The van der Waals surface area contributed by atoms with Crippen LogP contribution in [0.3, 0.4) is 0 Å². The Bertz CT molecular complexity index is 709. The van der Waals surface area contributed by atoms with Gasteiger partial charge in [0.05, 0.1) is 17.0 Å². The highest BCUT2D eigenvalue weighted by Gasteiger charge is 2.29. The topological polar surface area (TPSA) is 45.2 Å². The Morgan fingerprint density at radius 1 is 1.12 bits per heavy atom. The largest absolute Gasteiger partial charge is 0.333 e. The number of nitrogens with zero attached hydrogens (tertiary/aromatic N) is 2. The summed E-state index contributed by atoms with van der Waals surface area (Å²) in [5.41, 5.74) is 3.46. The molecule has 1 aliphatic rings. The number of carbonyl (C=O) groups excluding carboxylic acids is 1. The van der Waals surface area contributed by atoms with Gasteiger partial charge in [-0.3, -0.25) is 9.78 Å². The average molecular weight is 382 g/mol. The summed E-state index contributed by atoms with van der Waals surface area (Å²) >= 11 is 0. The molecule has 0 radical (unpaired) electrons. The van der Waals surface area contributed by atoms with Gasteiger partial charge in [-0.25, -0.2) is 0 Å². The van der Waals surface area contributed by atoms with Gasteiger partial charge in [0.2, 0.25) is 0 Å². The maximum atomic E-state index is 12.9. The van der Waals surface area contributed by atoms with E-state index >= 15 is 0 Å². The highest BCUT2D eigenvalue weighted by Crippen LogP contribution is 2.21. The van der Waals surface area contributed by atoms with Crippen LogP contribution < -0.4 is 5.32 Å². The van der Waals surface area contributed by atoms with Crippen molar-refractivity contribution in [1.82, 2.24) is 15.2 Å². The Labute approximate surface area is 161 Å². The molecule has 6 heteroatoms. The van der Waals surface area contributed by atoms with Gasteiger partial charge < -0.3 is 10.2 Å². The number of aromatic nitrogens is 1. The number of amides is 1. The van der Waals surface area contributed by atoms with Crippen LogP contribution in [0.5, 0.6) is 0 Å². The maximum Gasteiger partial charge on any atom is 0.256 e. The van der Waals surface area contributed by atoms with E-state index in [-0.39, 0.29) is 36.8 Å². The van der Waals surface area contributed by atoms with Gasteiger partial charge in [-0.05, 0) is 32.9 Å². The van der Waals surface area contributed by atoms with Crippen LogP contribution in [-0.4, -0.2) is 41.0 Å². The van der Waals surface area contributed by atoms with E-state index in [0.29, 0.717) is 11.6 Å². The molecule has 1 aromatic heterocycles. The first-order valence-electron chi connectivity index (χ1n) is 8.15. The molecule has 2 atom stereocenters. The molecule has 3 rings (SSSR count). The van der Waals surface area contributed by atoms with Crippen molar-refractivity contribution in [2.45, 2.75) is 32.9 Å². The van der Waals surface area contributed by atoms with Crippen molar-refractivity contribution in [3.8, 4) is 11.3 Å². The molecule has 1 N–H and O–H groups in total. The zero-order valence-electron chi connectivity index (χ0n) is 14.7. The fourth-order valence-electron chi connectivity index (χ4n) is 3.05. The summed E-state index contributed by atoms with van der Waals surface area (Å²) in [5, 5.41) is 3.40. The Kier molecular flexibility index (Phi) is 7.87. The molecule has 0 saturated carbocycles. The van der Waals surface area contributed by atoms with Gasteiger partial charge in [-0.15, -0.1) is 24.8 Å². The molecular formula is C19H25Cl2N3O. The molecule has 136 valence electrons. The van der Waals surface area contributed by atoms with Crippen molar-refractivity contribution < 1.29 is 4.79 Å². The number of nitrogens with one attached hydrogen (secondary N) is 1. The lowest BCUT2D eigenvalue weighted by Crippen LogP contribution is -2.57. The van der Waals surface area contributed by atoms with Gasteiger partial charge in [0.15, 0.2) is 0 Å². The van der Waals surface area contributed by atoms with E-state index in [1.165, 1.54) is 0 Å². The third-order valence-electron chi connectivity index (χ3n) is 4.68. The number of rotatable bonds is 2. The zero-order chi connectivity index (χ0) is 16.4. The third-order valence-corrected chi connectivity index (χ3v) is 4.68. The standard InChI is InChI=1S/C19H23N3O.2ClH/c1-13-15(3)22(12-11-20-13)19(23)17-9-10-18(21-14(17)2)16-7-5-4-6-8-16;;/h4-10,13,15,20H,11-12H2,1-3H3;2*1H. The number of benzene rings is 1. The van der Waals surface area contributed by atoms with E-state index in [1.54, 1.807) is 0 Å². The fourth-order valence-corrected chi connectivity index (χ4v) is 3.05. The van der Waals surface area contributed by atoms with Crippen molar-refractivity contribution in [1.29, 1.82) is 0 Å². The Morgan fingerprint density at radius 3 is 2.44 bits per heavy atom. The molecule has 1 aliphatic heterocycles. The number of carbonyl (C=O) groups is 1. The lowest BCUT2D eigenvalue weighted by atomic mass is 10.0. The van der Waals surface area contributed by atoms with Gasteiger partial charge in [0.25, 0.3) is 5.91 Å². The molecule has 1 aromatic carbocycles. The van der Waals surface area contributed by atoms with Gasteiger partial charge >= 0.3 is 0 Å². The first kappa shape index (κ1) is 21.4. The van der Waals surface area contributed by atoms with Gasteiger partial charge in [0.1, 0.15) is 0 Å². The van der Waals surface area contributed by atoms with E-state index < -0.39 is 0 Å². The van der Waals surface area contributed by atoms with Crippen LogP contribution in [0.15, 0.2) is 42.5 Å². The van der Waals surface area contributed by atoms with Crippen molar-refractivity contribution in [3.63, 3.8) is 0 Å². The third kappa shape index (κ3) is 4.51. The summed E-state index contributed by atoms with van der Waals surface area (Å²) in [5.74, 6) is 0.0791. The number of halogens is 2. The van der Waals surface area contributed by atoms with Crippen molar-refractivity contribution >= 4 is 30.7 Å². The van der Waals surface area contributed by atoms with Crippen molar-refractivity contribution in [2.75, 3.05) is 13.1 Å². The quantitative estimate of drug-likeness (QED) is 0.861. The smallest absolute Gasteiger partial charge is 0.256 e. The minimum atomic E-state index is 0. The predicted octanol–water partition coefficient (Wildman–Crippen LogP) is 3.72. The normalized spacial score (nSPS) is 19.6. The first-order chi connectivity index (χ1) is 11.1. The second kappa shape index (κ2) is 9.18. The summed E-state index contributed by atoms with van der Waals surface area (Å²) in [4.78, 5) is 19.5. The summed E-state index contributed by atoms with van der Waals surface area (Å²) in [7, 11) is 0. The highest BCUT2D eigenvalue weighted by molar-refractivity contribution is 5.95. The van der Waals surface area contributed by atoms with Crippen LogP contribution in [0.4, 0.5) is 0 Å². The minimum absolute atomic E-state index is 0. The van der Waals surface area contributed by atoms with Crippen LogP contribution in [0.2, 0.25) is 0 Å². The summed E-state index contributed by atoms with van der Waals surface area (Å²) in [6.07, 6.45) is 0. The zero-order valence-corrected chi connectivity index (χ0v) is 16.4. The number of hydrogen-bond acceptors (Lipinski definition) is 3. The SMILES string of the molecule is Cc1nc(-c2ccccc2)ccc1C(=O)N1CCNC(C)C1C.Cl.Cl. The van der Waals surface area contributed by atoms with Gasteiger partial charge in [-0.2, -0.15) is 0 Å². The summed E-state index contributed by atoms with van der Waals surface area (Å²) in [6.45, 7) is 7.70. The lowest BCUT2D eigenvalue weighted by Gasteiger charge is -2.38. The summed E-state index contributed by atoms with van der Waals surface area (Å²) < 4.78 is 0. The minimum Gasteiger partial charge on any atom is -0.333 e. The molecule has 1 fully saturated rings. The molecular weight excluding hydrogens is 357 g/mol. The monoisotopic (exact) mass is 381 g/mol. The maximum absolute atomic E-state index is 12.9. The summed E-state index contributed by atoms with van der Waals surface area (Å²) in [6, 6.07) is 14.4. The average Bonchev–Trinajstić information content (AvgIpc) is 2.57. The van der Waals surface area contributed by atoms with Crippen LogP contribution >= 0.6 is 24.8 Å². The second-order valence-corrected chi connectivity index (χ2v) is 6.18. The van der Waals surface area contributed by atoms with Gasteiger partial charge in [-0.1, -0.05) is 30.3 Å². The van der Waals surface area contributed by atoms with E-state index in [2.05, 4.69) is 24.1 Å². The predicted molar refractivity (Wildman–Crippen MR) is 107 cm³/mol. The fraction of sp³-hybridized carbons (Fsp3) is 0.368. The van der Waals surface area contributed by atoms with Crippen LogP contribution in [0.1, 0.15) is 29.9 Å². The number of pyridine rings is 1. The molecule has 0 aliphatic carbocycles.